The summed E-state index contributed by atoms with van der Waals surface area (Å²) in [5.74, 6) is -3.17. The third-order valence-electron chi connectivity index (χ3n) is 5.35. The Hall–Kier alpha value is -5.24. The summed E-state index contributed by atoms with van der Waals surface area (Å²) in [5, 5.41) is 23.8. The number of aromatic carboxylic acids is 2. The molecule has 0 saturated heterocycles. The maximum absolute atomic E-state index is 13.1. The summed E-state index contributed by atoms with van der Waals surface area (Å²) in [6.45, 7) is 0. The van der Waals surface area contributed by atoms with Crippen molar-refractivity contribution < 1.29 is 29.4 Å². The first kappa shape index (κ1) is 23.9. The van der Waals surface area contributed by atoms with Gasteiger partial charge < -0.3 is 20.8 Å². The van der Waals surface area contributed by atoms with Crippen molar-refractivity contribution in [1.29, 1.82) is 0 Å². The molecule has 4 N–H and O–H groups in total. The van der Waals surface area contributed by atoms with Crippen LogP contribution in [0.25, 0.3) is 11.1 Å². The molecule has 0 aliphatic rings. The van der Waals surface area contributed by atoms with Gasteiger partial charge >= 0.3 is 11.9 Å². The molecule has 0 aliphatic carbocycles. The molecule has 0 spiro atoms. The first-order valence-electron chi connectivity index (χ1n) is 10.8. The lowest BCUT2D eigenvalue weighted by Crippen LogP contribution is -2.16. The molecule has 0 unspecified atom stereocenters. The molecule has 0 bridgehead atoms. The molecule has 4 aromatic carbocycles. The molecule has 0 aromatic heterocycles. The monoisotopic (exact) mass is 480 g/mol. The Bertz CT molecular complexity index is 1480. The predicted molar refractivity (Wildman–Crippen MR) is 135 cm³/mol. The van der Waals surface area contributed by atoms with Crippen LogP contribution in [0.2, 0.25) is 0 Å². The maximum Gasteiger partial charge on any atom is 0.335 e. The number of carboxylic acid groups (broad SMARTS) is 2. The molecular formula is C28H20N2O6. The van der Waals surface area contributed by atoms with Crippen LogP contribution in [0.1, 0.15) is 41.4 Å². The minimum Gasteiger partial charge on any atom is -0.478 e. The van der Waals surface area contributed by atoms with Gasteiger partial charge in [0.25, 0.3) is 11.8 Å². The van der Waals surface area contributed by atoms with E-state index in [0.717, 1.165) is 0 Å². The van der Waals surface area contributed by atoms with Crippen molar-refractivity contribution in [1.82, 2.24) is 0 Å². The first-order valence-corrected chi connectivity index (χ1v) is 10.8. The molecule has 8 nitrogen and oxygen atoms in total. The minimum absolute atomic E-state index is 0.0371. The fraction of sp³-hybridized carbons (Fsp3) is 0. The largest absolute Gasteiger partial charge is 0.478 e. The molecule has 36 heavy (non-hydrogen) atoms. The van der Waals surface area contributed by atoms with Crippen molar-refractivity contribution >= 4 is 35.1 Å². The van der Waals surface area contributed by atoms with Gasteiger partial charge in [0.1, 0.15) is 0 Å². The van der Waals surface area contributed by atoms with Crippen molar-refractivity contribution in [3.05, 3.63) is 119 Å². The minimum atomic E-state index is -1.11. The SMILES string of the molecule is O=C(O)c1cccc(NC(=O)c2ccc(C(=O)Nc3cccc(C(=O)O)c3)c(-c3ccccc3)c2)c1. The first-order chi connectivity index (χ1) is 17.3. The third-order valence-corrected chi connectivity index (χ3v) is 5.35. The van der Waals surface area contributed by atoms with E-state index in [1.165, 1.54) is 48.5 Å². The summed E-state index contributed by atoms with van der Waals surface area (Å²) < 4.78 is 0. The van der Waals surface area contributed by atoms with E-state index in [4.69, 9.17) is 0 Å². The molecule has 0 heterocycles. The van der Waals surface area contributed by atoms with Gasteiger partial charge in [-0.25, -0.2) is 9.59 Å². The standard InChI is InChI=1S/C28H20N2O6/c31-25(29-21-10-4-8-19(14-21)27(33)34)18-12-13-23(24(16-18)17-6-2-1-3-7-17)26(32)30-22-11-5-9-20(15-22)28(35)36/h1-16H,(H,29,31)(H,30,32)(H,33,34)(H,35,36). The highest BCUT2D eigenvalue weighted by atomic mass is 16.4. The smallest absolute Gasteiger partial charge is 0.335 e. The van der Waals surface area contributed by atoms with Gasteiger partial charge in [-0.2, -0.15) is 0 Å². The second kappa shape index (κ2) is 10.4. The number of carboxylic acids is 2. The van der Waals surface area contributed by atoms with Crippen molar-refractivity contribution in [2.45, 2.75) is 0 Å². The van der Waals surface area contributed by atoms with E-state index in [1.54, 1.807) is 42.5 Å². The van der Waals surface area contributed by atoms with Crippen molar-refractivity contribution in [2.75, 3.05) is 10.6 Å². The lowest BCUT2D eigenvalue weighted by molar-refractivity contribution is 0.0686. The average molecular weight is 480 g/mol. The zero-order valence-corrected chi connectivity index (χ0v) is 18.8. The number of amides is 2. The summed E-state index contributed by atoms with van der Waals surface area (Å²) in [7, 11) is 0. The summed E-state index contributed by atoms with van der Waals surface area (Å²) in [5.41, 5.74) is 2.46. The molecule has 178 valence electrons. The van der Waals surface area contributed by atoms with Crippen molar-refractivity contribution in [2.24, 2.45) is 0 Å². The molecule has 8 heteroatoms. The Kier molecular flexibility index (Phi) is 6.87. The number of anilines is 2. The van der Waals surface area contributed by atoms with E-state index in [1.807, 2.05) is 6.07 Å². The third kappa shape index (κ3) is 5.45. The van der Waals surface area contributed by atoms with Gasteiger partial charge in [-0.1, -0.05) is 42.5 Å². The van der Waals surface area contributed by atoms with E-state index < -0.39 is 23.8 Å². The van der Waals surface area contributed by atoms with E-state index >= 15 is 0 Å². The fourth-order valence-electron chi connectivity index (χ4n) is 3.60. The van der Waals surface area contributed by atoms with Gasteiger partial charge in [0, 0.05) is 22.5 Å². The lowest BCUT2D eigenvalue weighted by atomic mass is 9.96. The number of hydrogen-bond acceptors (Lipinski definition) is 4. The van der Waals surface area contributed by atoms with Crippen molar-refractivity contribution in [3.63, 3.8) is 0 Å². The van der Waals surface area contributed by atoms with Gasteiger partial charge in [-0.05, 0) is 65.7 Å². The average Bonchev–Trinajstić information content (AvgIpc) is 2.89. The Balaban J connectivity index is 1.66. The van der Waals surface area contributed by atoms with Crippen LogP contribution in [0, 0.1) is 0 Å². The van der Waals surface area contributed by atoms with Gasteiger partial charge in [0.15, 0.2) is 0 Å². The molecule has 4 aromatic rings. The molecule has 0 aliphatic heterocycles. The molecule has 0 radical (unpaired) electrons. The molecule has 0 saturated carbocycles. The molecule has 2 amide bonds. The predicted octanol–water partition coefficient (Wildman–Crippen LogP) is 5.25. The second-order valence-electron chi connectivity index (χ2n) is 7.81. The van der Waals surface area contributed by atoms with Crippen LogP contribution < -0.4 is 10.6 Å². The molecule has 0 atom stereocenters. The Morgan fingerprint density at radius 3 is 1.64 bits per heavy atom. The highest BCUT2D eigenvalue weighted by Crippen LogP contribution is 2.27. The number of nitrogens with one attached hydrogen (secondary N) is 2. The van der Waals surface area contributed by atoms with Gasteiger partial charge in [0.05, 0.1) is 11.1 Å². The Morgan fingerprint density at radius 1 is 0.528 bits per heavy atom. The number of rotatable bonds is 7. The van der Waals surface area contributed by atoms with Gasteiger partial charge in [0.2, 0.25) is 0 Å². The normalized spacial score (nSPS) is 10.3. The van der Waals surface area contributed by atoms with E-state index in [-0.39, 0.29) is 22.3 Å². The van der Waals surface area contributed by atoms with Crippen LogP contribution in [0.5, 0.6) is 0 Å². The lowest BCUT2D eigenvalue weighted by Gasteiger charge is -2.13. The van der Waals surface area contributed by atoms with Crippen LogP contribution in [0.4, 0.5) is 11.4 Å². The van der Waals surface area contributed by atoms with E-state index in [0.29, 0.717) is 22.5 Å². The Morgan fingerprint density at radius 2 is 1.08 bits per heavy atom. The highest BCUT2D eigenvalue weighted by molar-refractivity contribution is 6.11. The Labute approximate surface area is 205 Å². The topological polar surface area (TPSA) is 133 Å². The summed E-state index contributed by atoms with van der Waals surface area (Å²) in [4.78, 5) is 48.6. The molecule has 4 rings (SSSR count). The second-order valence-corrected chi connectivity index (χ2v) is 7.81. The summed E-state index contributed by atoms with van der Waals surface area (Å²) >= 11 is 0. The van der Waals surface area contributed by atoms with Crippen LogP contribution in [-0.2, 0) is 0 Å². The number of benzene rings is 4. The highest BCUT2D eigenvalue weighted by Gasteiger charge is 2.17. The van der Waals surface area contributed by atoms with E-state index in [9.17, 15) is 29.4 Å². The maximum atomic E-state index is 13.1. The number of hydrogen-bond donors (Lipinski definition) is 4. The molecule has 0 fully saturated rings. The zero-order chi connectivity index (χ0) is 25.7. The summed E-state index contributed by atoms with van der Waals surface area (Å²) in [6.07, 6.45) is 0. The quantitative estimate of drug-likeness (QED) is 0.285. The number of carbonyl (C=O) groups is 4. The van der Waals surface area contributed by atoms with E-state index in [2.05, 4.69) is 10.6 Å². The fourth-order valence-corrected chi connectivity index (χ4v) is 3.60. The van der Waals surface area contributed by atoms with Crippen LogP contribution in [-0.4, -0.2) is 34.0 Å². The number of carbonyl (C=O) groups excluding carboxylic acids is 2. The molecular weight excluding hydrogens is 460 g/mol. The van der Waals surface area contributed by atoms with Crippen LogP contribution in [0.15, 0.2) is 97.1 Å². The van der Waals surface area contributed by atoms with Gasteiger partial charge in [-0.3, -0.25) is 9.59 Å². The van der Waals surface area contributed by atoms with Gasteiger partial charge in [-0.15, -0.1) is 0 Å². The zero-order valence-electron chi connectivity index (χ0n) is 18.8. The van der Waals surface area contributed by atoms with Crippen LogP contribution in [0.3, 0.4) is 0 Å². The summed E-state index contributed by atoms with van der Waals surface area (Å²) in [6, 6.07) is 25.4. The van der Waals surface area contributed by atoms with Crippen molar-refractivity contribution in [3.8, 4) is 11.1 Å². The van der Waals surface area contributed by atoms with Crippen LogP contribution >= 0.6 is 0 Å².